The van der Waals surface area contributed by atoms with Crippen molar-refractivity contribution in [1.29, 1.82) is 5.26 Å². The average molecular weight is 307 g/mol. The zero-order valence-electron chi connectivity index (χ0n) is 13.2. The van der Waals surface area contributed by atoms with Crippen LogP contribution in [0.25, 0.3) is 0 Å². The van der Waals surface area contributed by atoms with Gasteiger partial charge in [0, 0.05) is 12.1 Å². The molecule has 0 unspecified atom stereocenters. The van der Waals surface area contributed by atoms with E-state index in [4.69, 9.17) is 5.11 Å². The van der Waals surface area contributed by atoms with Crippen molar-refractivity contribution in [3.05, 3.63) is 0 Å². The molecule has 120 valence electrons. The highest BCUT2D eigenvalue weighted by Crippen LogP contribution is 2.14. The Labute approximate surface area is 129 Å². The van der Waals surface area contributed by atoms with E-state index >= 15 is 0 Å². The van der Waals surface area contributed by atoms with E-state index in [1.807, 2.05) is 33.9 Å². The van der Waals surface area contributed by atoms with Crippen LogP contribution in [-0.4, -0.2) is 51.1 Å². The maximum atomic E-state index is 11.3. The van der Waals surface area contributed by atoms with E-state index in [-0.39, 0.29) is 24.6 Å². The van der Waals surface area contributed by atoms with Gasteiger partial charge in [-0.25, -0.2) is 4.90 Å². The summed E-state index contributed by atoms with van der Waals surface area (Å²) in [4.78, 5) is 24.8. The van der Waals surface area contributed by atoms with Crippen LogP contribution in [0.4, 0.5) is 17.8 Å². The van der Waals surface area contributed by atoms with Crippen molar-refractivity contribution in [2.75, 3.05) is 28.7 Å². The molecule has 1 heterocycles. The highest BCUT2D eigenvalue weighted by molar-refractivity contribution is 5.84. The molecule has 0 atom stereocenters. The van der Waals surface area contributed by atoms with Gasteiger partial charge in [0.25, 0.3) is 0 Å². The van der Waals surface area contributed by atoms with Crippen molar-refractivity contribution >= 4 is 23.6 Å². The predicted octanol–water partition coefficient (Wildman–Crippen LogP) is 0.361. The van der Waals surface area contributed by atoms with Crippen molar-refractivity contribution in [3.63, 3.8) is 0 Å². The molecule has 0 bridgehead atoms. The molecule has 1 aromatic heterocycles. The molecule has 0 aromatic carbocycles. The summed E-state index contributed by atoms with van der Waals surface area (Å²) in [6.07, 6.45) is 1.84. The van der Waals surface area contributed by atoms with Crippen LogP contribution in [0.15, 0.2) is 0 Å². The fraction of sp³-hybridized carbons (Fsp3) is 0.615. The van der Waals surface area contributed by atoms with Gasteiger partial charge in [0.05, 0.1) is 6.54 Å². The quantitative estimate of drug-likeness (QED) is 0.460. The predicted molar refractivity (Wildman–Crippen MR) is 82.4 cm³/mol. The fourth-order valence-electron chi connectivity index (χ4n) is 1.51. The molecule has 0 spiro atoms. The monoisotopic (exact) mass is 307 g/mol. The van der Waals surface area contributed by atoms with E-state index in [2.05, 4.69) is 25.6 Å². The minimum atomic E-state index is -0.641. The lowest BCUT2D eigenvalue weighted by Gasteiger charge is -2.17. The first kappa shape index (κ1) is 17.6. The molecular weight excluding hydrogens is 286 g/mol. The number of aliphatic hydroxyl groups is 1. The number of aliphatic hydroxyl groups excluding tert-OH is 1. The number of nitrogens with one attached hydrogen (secondary N) is 2. The topological polar surface area (TPSA) is 127 Å². The number of ketones is 1. The molecule has 0 aliphatic heterocycles. The fourth-order valence-corrected chi connectivity index (χ4v) is 1.51. The number of hydrogen-bond donors (Lipinski definition) is 3. The molecule has 22 heavy (non-hydrogen) atoms. The van der Waals surface area contributed by atoms with Crippen LogP contribution in [0, 0.1) is 11.5 Å². The summed E-state index contributed by atoms with van der Waals surface area (Å²) in [7, 11) is 0. The molecule has 1 aromatic rings. The molecule has 0 radical (unpaired) electrons. The van der Waals surface area contributed by atoms with E-state index < -0.39 is 12.4 Å². The van der Waals surface area contributed by atoms with Crippen LogP contribution in [0.3, 0.4) is 0 Å². The van der Waals surface area contributed by atoms with Gasteiger partial charge in [0.15, 0.2) is 12.0 Å². The normalized spacial score (nSPS) is 10.5. The average Bonchev–Trinajstić information content (AvgIpc) is 2.42. The number of aromatic nitrogens is 3. The van der Waals surface area contributed by atoms with E-state index in [9.17, 15) is 10.1 Å². The minimum Gasteiger partial charge on any atom is -0.389 e. The second-order valence-corrected chi connectivity index (χ2v) is 5.26. The van der Waals surface area contributed by atoms with E-state index in [0.717, 1.165) is 4.90 Å². The Morgan fingerprint density at radius 3 is 2.05 bits per heavy atom. The first-order valence-electron chi connectivity index (χ1n) is 6.94. The maximum Gasteiger partial charge on any atom is 0.245 e. The number of carbonyl (C=O) groups is 1. The summed E-state index contributed by atoms with van der Waals surface area (Å²) in [5, 5.41) is 24.0. The van der Waals surface area contributed by atoms with Gasteiger partial charge >= 0.3 is 0 Å². The van der Waals surface area contributed by atoms with E-state index in [0.29, 0.717) is 11.9 Å². The molecule has 3 N–H and O–H groups in total. The lowest BCUT2D eigenvalue weighted by atomic mass is 10.4. The third kappa shape index (κ3) is 5.49. The molecule has 0 fully saturated rings. The van der Waals surface area contributed by atoms with Crippen molar-refractivity contribution in [2.24, 2.45) is 0 Å². The van der Waals surface area contributed by atoms with Crippen LogP contribution in [-0.2, 0) is 4.79 Å². The number of rotatable bonds is 8. The van der Waals surface area contributed by atoms with Crippen molar-refractivity contribution in [3.8, 4) is 6.19 Å². The number of nitriles is 1. The Balaban J connectivity index is 3.14. The van der Waals surface area contributed by atoms with Gasteiger partial charge in [0.2, 0.25) is 17.8 Å². The molecule has 9 heteroatoms. The smallest absolute Gasteiger partial charge is 0.245 e. The summed E-state index contributed by atoms with van der Waals surface area (Å²) < 4.78 is 0. The summed E-state index contributed by atoms with van der Waals surface area (Å²) in [5.74, 6) is 0.156. The van der Waals surface area contributed by atoms with Gasteiger partial charge in [-0.05, 0) is 27.7 Å². The van der Waals surface area contributed by atoms with Crippen molar-refractivity contribution in [1.82, 2.24) is 15.0 Å². The standard InChI is InChI=1S/C13H21N7O2/c1-8(2)15-11-17-12(16-9(3)4)19-13(18-11)20(7-14)5-10(22)6-21/h8-9,21H,5-6H2,1-4H3,(H2,15,16,17,18,19). The molecule has 9 nitrogen and oxygen atoms in total. The Morgan fingerprint density at radius 2 is 1.68 bits per heavy atom. The third-order valence-electron chi connectivity index (χ3n) is 2.33. The molecule has 1 rings (SSSR count). The zero-order chi connectivity index (χ0) is 16.7. The third-order valence-corrected chi connectivity index (χ3v) is 2.33. The highest BCUT2D eigenvalue weighted by atomic mass is 16.3. The lowest BCUT2D eigenvalue weighted by molar-refractivity contribution is -0.120. The molecule has 0 aliphatic carbocycles. The Morgan fingerprint density at radius 1 is 1.18 bits per heavy atom. The van der Waals surface area contributed by atoms with Crippen molar-refractivity contribution < 1.29 is 9.90 Å². The number of hydrogen-bond acceptors (Lipinski definition) is 9. The summed E-state index contributed by atoms with van der Waals surface area (Å²) in [6, 6.07) is 0.188. The van der Waals surface area contributed by atoms with Gasteiger partial charge in [-0.15, -0.1) is 0 Å². The van der Waals surface area contributed by atoms with Gasteiger partial charge in [-0.2, -0.15) is 20.2 Å². The molecule has 0 amide bonds. The molecule has 0 saturated heterocycles. The second kappa shape index (κ2) is 8.09. The number of carbonyl (C=O) groups excluding carboxylic acids is 1. The Kier molecular flexibility index (Phi) is 6.47. The summed E-state index contributed by atoms with van der Waals surface area (Å²) >= 11 is 0. The lowest BCUT2D eigenvalue weighted by Crippen LogP contribution is -2.29. The van der Waals surface area contributed by atoms with E-state index in [1.165, 1.54) is 0 Å². The Hall–Kier alpha value is -2.47. The van der Waals surface area contributed by atoms with Gasteiger partial charge < -0.3 is 15.7 Å². The van der Waals surface area contributed by atoms with Crippen molar-refractivity contribution in [2.45, 2.75) is 39.8 Å². The summed E-state index contributed by atoms with van der Waals surface area (Å²) in [5.41, 5.74) is 0. The first-order chi connectivity index (χ1) is 10.3. The highest BCUT2D eigenvalue weighted by Gasteiger charge is 2.17. The van der Waals surface area contributed by atoms with Crippen LogP contribution in [0.2, 0.25) is 0 Å². The number of anilines is 3. The minimum absolute atomic E-state index is 0.0469. The maximum absolute atomic E-state index is 11.3. The molecular formula is C13H21N7O2. The van der Waals surface area contributed by atoms with Gasteiger partial charge in [-0.3, -0.25) is 4.79 Å². The van der Waals surface area contributed by atoms with Crippen LogP contribution in [0.1, 0.15) is 27.7 Å². The van der Waals surface area contributed by atoms with Crippen LogP contribution >= 0.6 is 0 Å². The first-order valence-corrected chi connectivity index (χ1v) is 6.94. The molecule has 0 saturated carbocycles. The van der Waals surface area contributed by atoms with Crippen LogP contribution in [0.5, 0.6) is 0 Å². The summed E-state index contributed by atoms with van der Waals surface area (Å²) in [6.45, 7) is 6.77. The number of Topliss-reactive ketones (excluding diaryl/α,β-unsaturated/α-hetero) is 1. The SMILES string of the molecule is CC(C)Nc1nc(NC(C)C)nc(N(C#N)CC(=O)CO)n1. The zero-order valence-corrected chi connectivity index (χ0v) is 13.2. The van der Waals surface area contributed by atoms with Gasteiger partial charge in [-0.1, -0.05) is 0 Å². The van der Waals surface area contributed by atoms with E-state index in [1.54, 1.807) is 0 Å². The largest absolute Gasteiger partial charge is 0.389 e. The Bertz CT molecular complexity index is 526. The number of nitrogens with zero attached hydrogens (tertiary/aromatic N) is 5. The second-order valence-electron chi connectivity index (χ2n) is 5.26. The molecule has 0 aliphatic rings. The van der Waals surface area contributed by atoms with Crippen LogP contribution < -0.4 is 15.5 Å². The van der Waals surface area contributed by atoms with Gasteiger partial charge in [0.1, 0.15) is 6.61 Å².